The van der Waals surface area contributed by atoms with Crippen LogP contribution in [0.25, 0.3) is 0 Å². The number of piperidine rings is 1. The van der Waals surface area contributed by atoms with Crippen LogP contribution in [-0.2, 0) is 4.79 Å². The Kier molecular flexibility index (Phi) is 7.37. The zero-order valence-electron chi connectivity index (χ0n) is 19.3. The maximum absolute atomic E-state index is 13.2. The second kappa shape index (κ2) is 9.99. The summed E-state index contributed by atoms with van der Waals surface area (Å²) in [7, 11) is 0. The van der Waals surface area contributed by atoms with Gasteiger partial charge in [-0.2, -0.15) is 0 Å². The zero-order chi connectivity index (χ0) is 22.5. The van der Waals surface area contributed by atoms with Crippen molar-refractivity contribution in [3.8, 4) is 5.75 Å². The molecule has 2 amide bonds. The molecular formula is C26H34N2O3. The van der Waals surface area contributed by atoms with Gasteiger partial charge in [0.2, 0.25) is 5.91 Å². The quantitative estimate of drug-likeness (QED) is 0.749. The van der Waals surface area contributed by atoms with E-state index in [1.807, 2.05) is 43.9 Å². The average molecular weight is 423 g/mol. The number of carbonyl (C=O) groups excluding carboxylic acids is 2. The molecule has 31 heavy (non-hydrogen) atoms. The number of carbonyl (C=O) groups is 2. The molecule has 1 N–H and O–H groups in total. The third-order valence-corrected chi connectivity index (χ3v) is 5.89. The number of likely N-dealkylation sites (tertiary alicyclic amines) is 1. The number of nitrogens with one attached hydrogen (secondary N) is 1. The number of nitrogens with zero attached hydrogens (tertiary/aromatic N) is 1. The molecule has 0 saturated carbocycles. The number of benzene rings is 2. The van der Waals surface area contributed by atoms with E-state index in [0.717, 1.165) is 29.7 Å². The van der Waals surface area contributed by atoms with Crippen molar-refractivity contribution in [3.05, 3.63) is 64.7 Å². The van der Waals surface area contributed by atoms with Gasteiger partial charge in [-0.25, -0.2) is 0 Å². The fourth-order valence-corrected chi connectivity index (χ4v) is 3.93. The summed E-state index contributed by atoms with van der Waals surface area (Å²) in [5, 5.41) is 2.96. The van der Waals surface area contributed by atoms with E-state index in [1.54, 1.807) is 6.07 Å². The first-order chi connectivity index (χ1) is 14.7. The molecule has 1 unspecified atom stereocenters. The van der Waals surface area contributed by atoms with Crippen molar-refractivity contribution < 1.29 is 14.3 Å². The average Bonchev–Trinajstić information content (AvgIpc) is 2.74. The SMILES string of the molecule is Cc1cccc(C(=O)NC(C(=O)N2CCC(Oc3cc(C)ccc3C)CC2)C(C)C)c1. The summed E-state index contributed by atoms with van der Waals surface area (Å²) < 4.78 is 6.23. The number of ether oxygens (including phenoxy) is 1. The van der Waals surface area contributed by atoms with Gasteiger partial charge in [0.15, 0.2) is 0 Å². The highest BCUT2D eigenvalue weighted by atomic mass is 16.5. The van der Waals surface area contributed by atoms with Gasteiger partial charge in [-0.3, -0.25) is 9.59 Å². The molecule has 0 spiro atoms. The molecule has 1 saturated heterocycles. The molecule has 0 aliphatic carbocycles. The lowest BCUT2D eigenvalue weighted by Gasteiger charge is -2.35. The van der Waals surface area contributed by atoms with Crippen LogP contribution in [0.15, 0.2) is 42.5 Å². The third kappa shape index (κ3) is 5.87. The molecular weight excluding hydrogens is 388 g/mol. The van der Waals surface area contributed by atoms with Crippen LogP contribution in [0.1, 0.15) is 53.7 Å². The molecule has 1 fully saturated rings. The molecule has 3 rings (SSSR count). The lowest BCUT2D eigenvalue weighted by atomic mass is 9.99. The second-order valence-electron chi connectivity index (χ2n) is 8.98. The van der Waals surface area contributed by atoms with Gasteiger partial charge in [0.05, 0.1) is 0 Å². The zero-order valence-corrected chi connectivity index (χ0v) is 19.3. The van der Waals surface area contributed by atoms with Gasteiger partial charge < -0.3 is 15.0 Å². The van der Waals surface area contributed by atoms with Crippen molar-refractivity contribution in [3.63, 3.8) is 0 Å². The van der Waals surface area contributed by atoms with Crippen LogP contribution in [0.3, 0.4) is 0 Å². The van der Waals surface area contributed by atoms with E-state index in [-0.39, 0.29) is 23.8 Å². The Balaban J connectivity index is 1.59. The highest BCUT2D eigenvalue weighted by Gasteiger charge is 2.32. The van der Waals surface area contributed by atoms with Crippen molar-refractivity contribution in [2.45, 2.75) is 59.6 Å². The van der Waals surface area contributed by atoms with Gasteiger partial charge in [-0.1, -0.05) is 43.7 Å². The van der Waals surface area contributed by atoms with Crippen LogP contribution in [0, 0.1) is 26.7 Å². The summed E-state index contributed by atoms with van der Waals surface area (Å²) in [6, 6.07) is 13.1. The maximum Gasteiger partial charge on any atom is 0.251 e. The Hall–Kier alpha value is -2.82. The predicted octanol–water partition coefficient (Wildman–Crippen LogP) is 4.44. The Labute approximate surface area is 185 Å². The number of aryl methyl sites for hydroxylation is 3. The Bertz CT molecular complexity index is 930. The van der Waals surface area contributed by atoms with Crippen molar-refractivity contribution in [1.82, 2.24) is 10.2 Å². The molecule has 1 heterocycles. The maximum atomic E-state index is 13.2. The van der Waals surface area contributed by atoms with Gasteiger partial charge >= 0.3 is 0 Å². The lowest BCUT2D eigenvalue weighted by molar-refractivity contribution is -0.136. The highest BCUT2D eigenvalue weighted by Crippen LogP contribution is 2.24. The van der Waals surface area contributed by atoms with Gasteiger partial charge in [0, 0.05) is 31.5 Å². The van der Waals surface area contributed by atoms with Crippen molar-refractivity contribution in [2.24, 2.45) is 5.92 Å². The van der Waals surface area contributed by atoms with Gasteiger partial charge in [0.25, 0.3) is 5.91 Å². The summed E-state index contributed by atoms with van der Waals surface area (Å²) >= 11 is 0. The monoisotopic (exact) mass is 422 g/mol. The second-order valence-corrected chi connectivity index (χ2v) is 8.98. The first-order valence-corrected chi connectivity index (χ1v) is 11.1. The molecule has 1 atom stereocenters. The highest BCUT2D eigenvalue weighted by molar-refractivity contribution is 5.97. The minimum absolute atomic E-state index is 0.00479. The van der Waals surface area contributed by atoms with Crippen molar-refractivity contribution in [1.29, 1.82) is 0 Å². The molecule has 2 aromatic carbocycles. The molecule has 0 aromatic heterocycles. The topological polar surface area (TPSA) is 58.6 Å². The minimum atomic E-state index is -0.538. The van der Waals surface area contributed by atoms with Crippen LogP contribution < -0.4 is 10.1 Å². The molecule has 5 nitrogen and oxygen atoms in total. The molecule has 0 bridgehead atoms. The van der Waals surface area contributed by atoms with E-state index < -0.39 is 6.04 Å². The van der Waals surface area contributed by atoms with Crippen LogP contribution in [0.5, 0.6) is 5.75 Å². The normalized spacial score (nSPS) is 15.6. The first kappa shape index (κ1) is 22.9. The van der Waals surface area contributed by atoms with E-state index in [2.05, 4.69) is 37.4 Å². The molecule has 1 aliphatic heterocycles. The van der Waals surface area contributed by atoms with Crippen LogP contribution in [0.2, 0.25) is 0 Å². The number of hydrogen-bond acceptors (Lipinski definition) is 3. The number of rotatable bonds is 6. The summed E-state index contributed by atoms with van der Waals surface area (Å²) in [5.41, 5.74) is 3.91. The number of amides is 2. The first-order valence-electron chi connectivity index (χ1n) is 11.1. The van der Waals surface area contributed by atoms with E-state index in [1.165, 1.54) is 5.56 Å². The fourth-order valence-electron chi connectivity index (χ4n) is 3.93. The smallest absolute Gasteiger partial charge is 0.251 e. The summed E-state index contributed by atoms with van der Waals surface area (Å²) in [6.45, 7) is 11.3. The lowest BCUT2D eigenvalue weighted by Crippen LogP contribution is -2.53. The molecule has 0 radical (unpaired) electrons. The van der Waals surface area contributed by atoms with Gasteiger partial charge in [-0.05, 0) is 56.0 Å². The van der Waals surface area contributed by atoms with Crippen LogP contribution in [0.4, 0.5) is 0 Å². The Morgan fingerprint density at radius 1 is 1.00 bits per heavy atom. The van der Waals surface area contributed by atoms with Crippen LogP contribution in [-0.4, -0.2) is 41.9 Å². The Morgan fingerprint density at radius 3 is 2.32 bits per heavy atom. The van der Waals surface area contributed by atoms with E-state index in [9.17, 15) is 9.59 Å². The largest absolute Gasteiger partial charge is 0.490 e. The summed E-state index contributed by atoms with van der Waals surface area (Å²) in [5.74, 6) is 0.713. The third-order valence-electron chi connectivity index (χ3n) is 5.89. The molecule has 2 aromatic rings. The van der Waals surface area contributed by atoms with Gasteiger partial charge in [0.1, 0.15) is 17.9 Å². The Morgan fingerprint density at radius 2 is 1.68 bits per heavy atom. The van der Waals surface area contributed by atoms with E-state index >= 15 is 0 Å². The standard InChI is InChI=1S/C26H34N2O3/c1-17(2)24(27-25(29)21-8-6-7-18(3)15-21)26(30)28-13-11-22(12-14-28)31-23-16-19(4)9-10-20(23)5/h6-10,15-17,22,24H,11-14H2,1-5H3,(H,27,29). The van der Waals surface area contributed by atoms with Gasteiger partial charge in [-0.15, -0.1) is 0 Å². The van der Waals surface area contributed by atoms with Crippen LogP contribution >= 0.6 is 0 Å². The summed E-state index contributed by atoms with van der Waals surface area (Å²) in [4.78, 5) is 27.8. The van der Waals surface area contributed by atoms with E-state index in [4.69, 9.17) is 4.74 Å². The minimum Gasteiger partial charge on any atom is -0.490 e. The van der Waals surface area contributed by atoms with E-state index in [0.29, 0.717) is 18.7 Å². The van der Waals surface area contributed by atoms with Crippen molar-refractivity contribution in [2.75, 3.05) is 13.1 Å². The number of hydrogen-bond donors (Lipinski definition) is 1. The fraction of sp³-hybridized carbons (Fsp3) is 0.462. The molecule has 1 aliphatic rings. The molecule has 166 valence electrons. The van der Waals surface area contributed by atoms with Crippen molar-refractivity contribution >= 4 is 11.8 Å². The predicted molar refractivity (Wildman–Crippen MR) is 123 cm³/mol. The molecule has 5 heteroatoms. The summed E-state index contributed by atoms with van der Waals surface area (Å²) in [6.07, 6.45) is 1.68.